The lowest BCUT2D eigenvalue weighted by atomic mass is 10.2. The lowest BCUT2D eigenvalue weighted by Crippen LogP contribution is -2.48. The molecule has 2 heterocycles. The van der Waals surface area contributed by atoms with Crippen LogP contribution < -0.4 is 5.32 Å². The summed E-state index contributed by atoms with van der Waals surface area (Å²) in [5.74, 6) is 0.238. The molecule has 2 fully saturated rings. The van der Waals surface area contributed by atoms with E-state index in [0.717, 1.165) is 13.1 Å². The molecule has 0 spiro atoms. The molecule has 2 aliphatic rings. The van der Waals surface area contributed by atoms with Crippen LogP contribution in [0.1, 0.15) is 19.8 Å². The number of nitrogens with one attached hydrogen (secondary N) is 1. The summed E-state index contributed by atoms with van der Waals surface area (Å²) in [6.07, 6.45) is 0.891. The van der Waals surface area contributed by atoms with Crippen LogP contribution in [0.25, 0.3) is 0 Å². The number of piperazine rings is 1. The van der Waals surface area contributed by atoms with Crippen LogP contribution >= 0.6 is 0 Å². The van der Waals surface area contributed by atoms with Crippen molar-refractivity contribution in [3.8, 4) is 0 Å². The quantitative estimate of drug-likeness (QED) is 0.707. The molecule has 0 radical (unpaired) electrons. The molecule has 0 saturated carbocycles. The van der Waals surface area contributed by atoms with Crippen LogP contribution in [0, 0.1) is 0 Å². The Morgan fingerprint density at radius 3 is 2.38 bits per heavy atom. The van der Waals surface area contributed by atoms with Crippen molar-refractivity contribution in [1.29, 1.82) is 0 Å². The van der Waals surface area contributed by atoms with Crippen LogP contribution in [0.15, 0.2) is 0 Å². The van der Waals surface area contributed by atoms with Crippen LogP contribution in [0.2, 0.25) is 0 Å². The van der Waals surface area contributed by atoms with Gasteiger partial charge in [0.05, 0.1) is 11.5 Å². The smallest absolute Gasteiger partial charge is 0.221 e. The molecule has 8 heteroatoms. The minimum Gasteiger partial charge on any atom is -0.352 e. The maximum atomic E-state index is 11.8. The highest BCUT2D eigenvalue weighted by Crippen LogP contribution is 2.11. The molecule has 21 heavy (non-hydrogen) atoms. The third-order valence-electron chi connectivity index (χ3n) is 4.07. The van der Waals surface area contributed by atoms with E-state index in [1.807, 2.05) is 0 Å². The second kappa shape index (κ2) is 6.74. The van der Waals surface area contributed by atoms with Gasteiger partial charge in [0.2, 0.25) is 11.8 Å². The van der Waals surface area contributed by atoms with Crippen LogP contribution in [-0.4, -0.2) is 80.3 Å². The molecular formula is C13H23N3O4S. The summed E-state index contributed by atoms with van der Waals surface area (Å²) < 4.78 is 22.6. The summed E-state index contributed by atoms with van der Waals surface area (Å²) in [5.41, 5.74) is 0. The number of nitrogens with zero attached hydrogens (tertiary/aromatic N) is 2. The van der Waals surface area contributed by atoms with Crippen molar-refractivity contribution in [3.05, 3.63) is 0 Å². The van der Waals surface area contributed by atoms with Crippen molar-refractivity contribution >= 4 is 21.7 Å². The summed E-state index contributed by atoms with van der Waals surface area (Å²) in [6, 6.07) is -0.225. The highest BCUT2D eigenvalue weighted by Gasteiger charge is 2.29. The number of rotatable bonds is 4. The van der Waals surface area contributed by atoms with E-state index in [1.165, 1.54) is 0 Å². The molecule has 0 bridgehead atoms. The van der Waals surface area contributed by atoms with Crippen molar-refractivity contribution in [1.82, 2.24) is 15.1 Å². The highest BCUT2D eigenvalue weighted by molar-refractivity contribution is 7.91. The second-order valence-electron chi connectivity index (χ2n) is 5.77. The number of carbonyl (C=O) groups is 2. The minimum absolute atomic E-state index is 0.0655. The van der Waals surface area contributed by atoms with Gasteiger partial charge in [0, 0.05) is 52.1 Å². The lowest BCUT2D eigenvalue weighted by Gasteiger charge is -2.34. The van der Waals surface area contributed by atoms with Crippen LogP contribution in [0.4, 0.5) is 0 Å². The first kappa shape index (κ1) is 16.2. The first-order valence-corrected chi connectivity index (χ1v) is 9.15. The van der Waals surface area contributed by atoms with Crippen molar-refractivity contribution in [2.75, 3.05) is 44.2 Å². The largest absolute Gasteiger partial charge is 0.352 e. The van der Waals surface area contributed by atoms with Gasteiger partial charge in [-0.25, -0.2) is 8.42 Å². The molecule has 1 unspecified atom stereocenters. The molecule has 0 aromatic heterocycles. The van der Waals surface area contributed by atoms with Gasteiger partial charge in [-0.2, -0.15) is 0 Å². The first-order valence-electron chi connectivity index (χ1n) is 7.33. The fraction of sp³-hybridized carbons (Fsp3) is 0.846. The average Bonchev–Trinajstić information content (AvgIpc) is 2.76. The van der Waals surface area contributed by atoms with Gasteiger partial charge in [-0.3, -0.25) is 14.5 Å². The number of sulfone groups is 1. The molecule has 2 amide bonds. The highest BCUT2D eigenvalue weighted by atomic mass is 32.2. The Kier molecular flexibility index (Phi) is 5.21. The number of carbonyl (C=O) groups excluding carboxylic acids is 2. The molecular weight excluding hydrogens is 294 g/mol. The van der Waals surface area contributed by atoms with E-state index in [4.69, 9.17) is 0 Å². The van der Waals surface area contributed by atoms with Gasteiger partial charge in [0.1, 0.15) is 0 Å². The van der Waals surface area contributed by atoms with E-state index in [1.54, 1.807) is 11.8 Å². The maximum Gasteiger partial charge on any atom is 0.221 e. The normalized spacial score (nSPS) is 25.8. The Bertz CT molecular complexity index is 498. The molecule has 0 aromatic rings. The average molecular weight is 317 g/mol. The van der Waals surface area contributed by atoms with Gasteiger partial charge in [-0.1, -0.05) is 0 Å². The fourth-order valence-corrected chi connectivity index (χ4v) is 4.43. The molecule has 0 aromatic carbocycles. The zero-order valence-electron chi connectivity index (χ0n) is 12.4. The van der Waals surface area contributed by atoms with Gasteiger partial charge in [0.15, 0.2) is 9.84 Å². The number of hydrogen-bond acceptors (Lipinski definition) is 5. The fourth-order valence-electron chi connectivity index (χ4n) is 2.75. The van der Waals surface area contributed by atoms with E-state index in [-0.39, 0.29) is 29.4 Å². The minimum atomic E-state index is -2.95. The number of amides is 2. The monoisotopic (exact) mass is 317 g/mol. The first-order chi connectivity index (χ1) is 9.85. The number of hydrogen-bond donors (Lipinski definition) is 1. The van der Waals surface area contributed by atoms with Gasteiger partial charge in [0.25, 0.3) is 0 Å². The Morgan fingerprint density at radius 2 is 1.86 bits per heavy atom. The molecule has 7 nitrogen and oxygen atoms in total. The predicted octanol–water partition coefficient (Wildman–Crippen LogP) is -1.16. The van der Waals surface area contributed by atoms with E-state index in [0.29, 0.717) is 32.5 Å². The third-order valence-corrected chi connectivity index (χ3v) is 5.84. The second-order valence-corrected chi connectivity index (χ2v) is 7.99. The SMILES string of the molecule is CC(=O)N1CCN(CCC(=O)NC2CCS(=O)(=O)C2)CC1. The van der Waals surface area contributed by atoms with Crippen LogP contribution in [0.3, 0.4) is 0 Å². The van der Waals surface area contributed by atoms with Gasteiger partial charge >= 0.3 is 0 Å². The van der Waals surface area contributed by atoms with Crippen molar-refractivity contribution in [3.63, 3.8) is 0 Å². The Balaban J connectivity index is 1.65. The van der Waals surface area contributed by atoms with Crippen molar-refractivity contribution < 1.29 is 18.0 Å². The Labute approximate surface area is 125 Å². The molecule has 2 aliphatic heterocycles. The molecule has 2 saturated heterocycles. The van der Waals surface area contributed by atoms with E-state index in [9.17, 15) is 18.0 Å². The summed E-state index contributed by atoms with van der Waals surface area (Å²) in [7, 11) is -2.95. The summed E-state index contributed by atoms with van der Waals surface area (Å²) >= 11 is 0. The standard InChI is InChI=1S/C13H23N3O4S/c1-11(17)16-7-5-15(6-8-16)4-2-13(18)14-12-3-9-21(19,20)10-12/h12H,2-10H2,1H3,(H,14,18). The zero-order chi connectivity index (χ0) is 15.5. The molecule has 1 N–H and O–H groups in total. The Morgan fingerprint density at radius 1 is 1.19 bits per heavy atom. The zero-order valence-corrected chi connectivity index (χ0v) is 13.2. The van der Waals surface area contributed by atoms with Gasteiger partial charge in [-0.15, -0.1) is 0 Å². The van der Waals surface area contributed by atoms with E-state index >= 15 is 0 Å². The topological polar surface area (TPSA) is 86.8 Å². The molecule has 1 atom stereocenters. The predicted molar refractivity (Wildman–Crippen MR) is 78.5 cm³/mol. The molecule has 2 rings (SSSR count). The van der Waals surface area contributed by atoms with Crippen molar-refractivity contribution in [2.45, 2.75) is 25.8 Å². The lowest BCUT2D eigenvalue weighted by molar-refractivity contribution is -0.131. The van der Waals surface area contributed by atoms with Crippen LogP contribution in [-0.2, 0) is 19.4 Å². The summed E-state index contributed by atoms with van der Waals surface area (Å²) in [5, 5.41) is 2.79. The molecule has 120 valence electrons. The molecule has 0 aliphatic carbocycles. The van der Waals surface area contributed by atoms with Crippen LogP contribution in [0.5, 0.6) is 0 Å². The third kappa shape index (κ3) is 4.96. The summed E-state index contributed by atoms with van der Waals surface area (Å²) in [6.45, 7) is 5.20. The van der Waals surface area contributed by atoms with E-state index < -0.39 is 9.84 Å². The van der Waals surface area contributed by atoms with E-state index in [2.05, 4.69) is 10.2 Å². The van der Waals surface area contributed by atoms with Crippen molar-refractivity contribution in [2.24, 2.45) is 0 Å². The maximum absolute atomic E-state index is 11.8. The van der Waals surface area contributed by atoms with Gasteiger partial charge < -0.3 is 10.2 Å². The Hall–Kier alpha value is -1.15. The summed E-state index contributed by atoms with van der Waals surface area (Å²) in [4.78, 5) is 27.0. The van der Waals surface area contributed by atoms with Gasteiger partial charge in [-0.05, 0) is 6.42 Å².